The SMILES string of the molecule is C#CC(C)(C)C(N)C(O)CO/N=C1\CCCc2sccc21. The van der Waals surface area contributed by atoms with Crippen LogP contribution in [-0.4, -0.2) is 29.6 Å². The summed E-state index contributed by atoms with van der Waals surface area (Å²) in [6.45, 7) is 3.70. The summed E-state index contributed by atoms with van der Waals surface area (Å²) in [6, 6.07) is 1.52. The largest absolute Gasteiger partial charge is 0.393 e. The first-order valence-corrected chi connectivity index (χ1v) is 8.00. The van der Waals surface area contributed by atoms with Gasteiger partial charge in [-0.25, -0.2) is 0 Å². The maximum Gasteiger partial charge on any atom is 0.144 e. The Morgan fingerprint density at radius 1 is 1.57 bits per heavy atom. The third kappa shape index (κ3) is 3.65. The second-order valence-corrected chi connectivity index (χ2v) is 6.90. The molecule has 0 aliphatic heterocycles. The molecule has 2 rings (SSSR count). The van der Waals surface area contributed by atoms with Crippen molar-refractivity contribution in [3.8, 4) is 12.3 Å². The highest BCUT2D eigenvalue weighted by molar-refractivity contribution is 7.10. The van der Waals surface area contributed by atoms with Crippen LogP contribution in [0, 0.1) is 17.8 Å². The van der Waals surface area contributed by atoms with Gasteiger partial charge in [0.1, 0.15) is 12.7 Å². The number of nitrogens with two attached hydrogens (primary N) is 1. The minimum atomic E-state index is -0.842. The van der Waals surface area contributed by atoms with Crippen LogP contribution in [-0.2, 0) is 11.3 Å². The summed E-state index contributed by atoms with van der Waals surface area (Å²) >= 11 is 1.75. The van der Waals surface area contributed by atoms with Crippen LogP contribution >= 0.6 is 11.3 Å². The van der Waals surface area contributed by atoms with Crippen LogP contribution in [0.1, 0.15) is 37.1 Å². The first kappa shape index (κ1) is 16.0. The molecule has 0 amide bonds. The first-order chi connectivity index (χ1) is 9.95. The Balaban J connectivity index is 1.94. The number of hydrogen-bond acceptors (Lipinski definition) is 5. The van der Waals surface area contributed by atoms with E-state index in [1.807, 2.05) is 13.8 Å². The molecular formula is C16H22N2O2S. The third-order valence-electron chi connectivity index (χ3n) is 3.91. The molecule has 0 aromatic carbocycles. The highest BCUT2D eigenvalue weighted by atomic mass is 32.1. The smallest absolute Gasteiger partial charge is 0.144 e. The minimum absolute atomic E-state index is 0.0508. The number of hydrogen-bond donors (Lipinski definition) is 2. The van der Waals surface area contributed by atoms with Crippen molar-refractivity contribution < 1.29 is 9.94 Å². The van der Waals surface area contributed by atoms with Crippen molar-refractivity contribution in [2.45, 2.75) is 45.3 Å². The molecule has 21 heavy (non-hydrogen) atoms. The molecule has 114 valence electrons. The monoisotopic (exact) mass is 306 g/mol. The number of aliphatic hydroxyl groups is 1. The minimum Gasteiger partial charge on any atom is -0.393 e. The zero-order chi connectivity index (χ0) is 15.5. The molecule has 0 saturated carbocycles. The van der Waals surface area contributed by atoms with E-state index in [1.165, 1.54) is 10.4 Å². The summed E-state index contributed by atoms with van der Waals surface area (Å²) in [7, 11) is 0. The Bertz CT molecular complexity index is 557. The number of oxime groups is 1. The lowest BCUT2D eigenvalue weighted by atomic mass is 9.83. The first-order valence-electron chi connectivity index (χ1n) is 7.12. The van der Waals surface area contributed by atoms with E-state index in [4.69, 9.17) is 17.0 Å². The predicted molar refractivity (Wildman–Crippen MR) is 86.3 cm³/mol. The predicted octanol–water partition coefficient (Wildman–Crippen LogP) is 2.15. The van der Waals surface area contributed by atoms with Crippen LogP contribution in [0.5, 0.6) is 0 Å². The van der Waals surface area contributed by atoms with Crippen molar-refractivity contribution in [1.82, 2.24) is 0 Å². The molecule has 0 saturated heterocycles. The van der Waals surface area contributed by atoms with Crippen LogP contribution in [0.25, 0.3) is 0 Å². The number of fused-ring (bicyclic) bond motifs is 1. The van der Waals surface area contributed by atoms with Crippen molar-refractivity contribution in [2.24, 2.45) is 16.3 Å². The highest BCUT2D eigenvalue weighted by Crippen LogP contribution is 2.26. The summed E-state index contributed by atoms with van der Waals surface area (Å²) < 4.78 is 0. The van der Waals surface area contributed by atoms with Gasteiger partial charge in [0.25, 0.3) is 0 Å². The zero-order valence-corrected chi connectivity index (χ0v) is 13.3. The lowest BCUT2D eigenvalue weighted by Crippen LogP contribution is -2.47. The molecule has 1 aliphatic carbocycles. The molecule has 3 N–H and O–H groups in total. The van der Waals surface area contributed by atoms with Crippen LogP contribution in [0.3, 0.4) is 0 Å². The van der Waals surface area contributed by atoms with Gasteiger partial charge in [0.2, 0.25) is 0 Å². The van der Waals surface area contributed by atoms with Gasteiger partial charge in [0.15, 0.2) is 0 Å². The topological polar surface area (TPSA) is 67.8 Å². The molecule has 1 aliphatic rings. The standard InChI is InChI=1S/C16H22N2O2S/c1-4-16(2,3)15(17)13(19)10-20-18-12-6-5-7-14-11(12)8-9-21-14/h1,8-9,13,15,19H,5-7,10,17H2,2-3H3/b18-12+. The quantitative estimate of drug-likeness (QED) is 0.647. The molecule has 0 fully saturated rings. The van der Waals surface area contributed by atoms with E-state index in [1.54, 1.807) is 11.3 Å². The molecule has 0 spiro atoms. The summed E-state index contributed by atoms with van der Waals surface area (Å²) in [5, 5.41) is 16.3. The number of aliphatic hydroxyl groups excluding tert-OH is 1. The second-order valence-electron chi connectivity index (χ2n) is 5.90. The van der Waals surface area contributed by atoms with E-state index < -0.39 is 17.6 Å². The molecule has 0 radical (unpaired) electrons. The van der Waals surface area contributed by atoms with Crippen molar-refractivity contribution in [2.75, 3.05) is 6.61 Å². The van der Waals surface area contributed by atoms with E-state index in [0.29, 0.717) is 0 Å². The van der Waals surface area contributed by atoms with Gasteiger partial charge in [-0.3, -0.25) is 0 Å². The van der Waals surface area contributed by atoms with Gasteiger partial charge < -0.3 is 15.7 Å². The fourth-order valence-corrected chi connectivity index (χ4v) is 3.25. The Hall–Kier alpha value is -1.35. The van der Waals surface area contributed by atoms with Gasteiger partial charge in [0.05, 0.1) is 11.8 Å². The normalized spacial score (nSPS) is 19.7. The van der Waals surface area contributed by atoms with E-state index in [0.717, 1.165) is 25.0 Å². The number of aryl methyl sites for hydroxylation is 1. The van der Waals surface area contributed by atoms with Gasteiger partial charge in [0, 0.05) is 15.9 Å². The summed E-state index contributed by atoms with van der Waals surface area (Å²) in [6.07, 6.45) is 7.68. The maximum atomic E-state index is 10.1. The Labute approximate surface area is 130 Å². The van der Waals surface area contributed by atoms with Gasteiger partial charge >= 0.3 is 0 Å². The molecular weight excluding hydrogens is 284 g/mol. The van der Waals surface area contributed by atoms with Gasteiger partial charge in [-0.05, 0) is 44.6 Å². The molecule has 4 nitrogen and oxygen atoms in total. The van der Waals surface area contributed by atoms with Gasteiger partial charge in [-0.1, -0.05) is 11.1 Å². The molecule has 2 atom stereocenters. The fraction of sp³-hybridized carbons (Fsp3) is 0.562. The van der Waals surface area contributed by atoms with Crippen LogP contribution in [0.4, 0.5) is 0 Å². The number of nitrogens with zero attached hydrogens (tertiary/aromatic N) is 1. The molecule has 1 aromatic rings. The zero-order valence-electron chi connectivity index (χ0n) is 12.5. The fourth-order valence-electron chi connectivity index (χ4n) is 2.31. The van der Waals surface area contributed by atoms with E-state index in [9.17, 15) is 5.11 Å². The van der Waals surface area contributed by atoms with Crippen molar-refractivity contribution in [3.63, 3.8) is 0 Å². The summed E-state index contributed by atoms with van der Waals surface area (Å²) in [5.41, 5.74) is 7.51. The molecule has 1 heterocycles. The van der Waals surface area contributed by atoms with Gasteiger partial charge in [-0.2, -0.15) is 0 Å². The Morgan fingerprint density at radius 3 is 3.05 bits per heavy atom. The molecule has 0 bridgehead atoms. The number of thiophene rings is 1. The van der Waals surface area contributed by atoms with E-state index in [-0.39, 0.29) is 6.61 Å². The number of rotatable bonds is 5. The van der Waals surface area contributed by atoms with Crippen LogP contribution in [0.2, 0.25) is 0 Å². The average molecular weight is 306 g/mol. The number of terminal acetylenes is 1. The second kappa shape index (κ2) is 6.61. The van der Waals surface area contributed by atoms with Crippen LogP contribution in [0.15, 0.2) is 16.6 Å². The molecule has 5 heteroatoms. The molecule has 2 unspecified atom stereocenters. The van der Waals surface area contributed by atoms with Crippen molar-refractivity contribution in [1.29, 1.82) is 0 Å². The Morgan fingerprint density at radius 2 is 2.33 bits per heavy atom. The third-order valence-corrected chi connectivity index (χ3v) is 4.89. The lowest BCUT2D eigenvalue weighted by Gasteiger charge is -2.29. The summed E-state index contributed by atoms with van der Waals surface area (Å²) in [4.78, 5) is 6.67. The maximum absolute atomic E-state index is 10.1. The average Bonchev–Trinajstić information content (AvgIpc) is 2.95. The summed E-state index contributed by atoms with van der Waals surface area (Å²) in [5.74, 6) is 2.60. The lowest BCUT2D eigenvalue weighted by molar-refractivity contribution is 0.0101. The van der Waals surface area contributed by atoms with Gasteiger partial charge in [-0.15, -0.1) is 17.8 Å². The van der Waals surface area contributed by atoms with Crippen molar-refractivity contribution >= 4 is 17.0 Å². The van der Waals surface area contributed by atoms with E-state index >= 15 is 0 Å². The highest BCUT2D eigenvalue weighted by Gasteiger charge is 2.30. The van der Waals surface area contributed by atoms with E-state index in [2.05, 4.69) is 22.5 Å². The van der Waals surface area contributed by atoms with Crippen LogP contribution < -0.4 is 5.73 Å². The Kier molecular flexibility index (Phi) is 5.04. The van der Waals surface area contributed by atoms with Crippen molar-refractivity contribution in [3.05, 3.63) is 21.9 Å². The molecule has 1 aromatic heterocycles.